The Bertz CT molecular complexity index is 595. The highest BCUT2D eigenvalue weighted by Crippen LogP contribution is 2.19. The summed E-state index contributed by atoms with van der Waals surface area (Å²) in [6, 6.07) is 4.06. The minimum absolute atomic E-state index is 0.221. The van der Waals surface area contributed by atoms with Crippen LogP contribution in [-0.4, -0.2) is 40.8 Å². The van der Waals surface area contributed by atoms with E-state index in [-0.39, 0.29) is 6.09 Å². The Morgan fingerprint density at radius 1 is 1.52 bits per heavy atom. The maximum absolute atomic E-state index is 12.0. The molecule has 1 aromatic heterocycles. The molecule has 0 aromatic carbocycles. The topological polar surface area (TPSA) is 70.3 Å². The van der Waals surface area contributed by atoms with Crippen LogP contribution in [0.2, 0.25) is 0 Å². The number of ether oxygens (including phenoxy) is 1. The van der Waals surface area contributed by atoms with Crippen LogP contribution in [0, 0.1) is 17.2 Å². The molecule has 1 amide bonds. The van der Waals surface area contributed by atoms with Crippen LogP contribution in [0.4, 0.5) is 4.79 Å². The van der Waals surface area contributed by atoms with Crippen LogP contribution in [0.1, 0.15) is 38.4 Å². The van der Waals surface area contributed by atoms with Crippen molar-refractivity contribution in [2.24, 2.45) is 13.0 Å². The summed E-state index contributed by atoms with van der Waals surface area (Å²) in [6.07, 6.45) is 2.74. The first-order valence-corrected chi connectivity index (χ1v) is 8.02. The number of hydrogen-bond acceptors (Lipinski definition) is 4. The molecule has 1 aliphatic rings. The van der Waals surface area contributed by atoms with Crippen LogP contribution in [0.15, 0.2) is 12.3 Å². The Kier molecular flexibility index (Phi) is 5.32. The average Bonchev–Trinajstić information content (AvgIpc) is 3.04. The third kappa shape index (κ3) is 5.00. The molecule has 0 radical (unpaired) electrons. The first-order chi connectivity index (χ1) is 10.8. The predicted octanol–water partition coefficient (Wildman–Crippen LogP) is 2.24. The highest BCUT2D eigenvalue weighted by molar-refractivity contribution is 5.68. The van der Waals surface area contributed by atoms with Gasteiger partial charge in [-0.15, -0.1) is 0 Å². The molecule has 6 nitrogen and oxygen atoms in total. The molecule has 1 unspecified atom stereocenters. The minimum atomic E-state index is -0.445. The Morgan fingerprint density at radius 3 is 2.87 bits per heavy atom. The van der Waals surface area contributed by atoms with Gasteiger partial charge in [0.05, 0.1) is 0 Å². The number of hydrogen-bond donors (Lipinski definition) is 1. The van der Waals surface area contributed by atoms with Crippen LogP contribution in [-0.2, 0) is 18.3 Å². The first kappa shape index (κ1) is 17.4. The van der Waals surface area contributed by atoms with E-state index < -0.39 is 5.60 Å². The fourth-order valence-corrected chi connectivity index (χ4v) is 2.75. The van der Waals surface area contributed by atoms with Gasteiger partial charge in [0.1, 0.15) is 17.4 Å². The normalized spacial score (nSPS) is 18.0. The van der Waals surface area contributed by atoms with Crippen LogP contribution in [0.3, 0.4) is 0 Å². The van der Waals surface area contributed by atoms with Crippen LogP contribution < -0.4 is 5.32 Å². The van der Waals surface area contributed by atoms with Gasteiger partial charge in [-0.3, -0.25) is 0 Å². The van der Waals surface area contributed by atoms with Gasteiger partial charge < -0.3 is 19.5 Å². The highest BCUT2D eigenvalue weighted by atomic mass is 16.6. The smallest absolute Gasteiger partial charge is 0.410 e. The molecule has 1 atom stereocenters. The molecule has 126 valence electrons. The number of aromatic nitrogens is 1. The van der Waals surface area contributed by atoms with Crippen molar-refractivity contribution in [2.45, 2.75) is 39.3 Å². The number of likely N-dealkylation sites (tertiary alicyclic amines) is 1. The molecular formula is C17H26N4O2. The molecule has 1 fully saturated rings. The van der Waals surface area contributed by atoms with Gasteiger partial charge in [0.25, 0.3) is 0 Å². The number of carbonyl (C=O) groups excluding carboxylic acids is 1. The van der Waals surface area contributed by atoms with Crippen molar-refractivity contribution in [1.29, 1.82) is 5.26 Å². The van der Waals surface area contributed by atoms with E-state index >= 15 is 0 Å². The first-order valence-electron chi connectivity index (χ1n) is 8.02. The van der Waals surface area contributed by atoms with E-state index in [1.165, 1.54) is 0 Å². The monoisotopic (exact) mass is 318 g/mol. The molecule has 6 heteroatoms. The second-order valence-corrected chi connectivity index (χ2v) is 7.17. The van der Waals surface area contributed by atoms with Crippen molar-refractivity contribution in [2.75, 3.05) is 19.6 Å². The molecule has 2 rings (SSSR count). The van der Waals surface area contributed by atoms with E-state index in [0.29, 0.717) is 11.6 Å². The fraction of sp³-hybridized carbons (Fsp3) is 0.647. The standard InChI is InChI=1S/C17H26N4O2/c1-17(2,3)23-16(22)21-6-5-13(12-21)9-19-10-14-7-15(8-18)20(4)11-14/h7,11,13,19H,5-6,9-10,12H2,1-4H3. The van der Waals surface area contributed by atoms with Gasteiger partial charge in [-0.25, -0.2) is 4.79 Å². The molecule has 1 aliphatic heterocycles. The number of nitrogens with zero attached hydrogens (tertiary/aromatic N) is 3. The van der Waals surface area contributed by atoms with Crippen molar-refractivity contribution in [3.05, 3.63) is 23.5 Å². The molecule has 1 saturated heterocycles. The zero-order valence-electron chi connectivity index (χ0n) is 14.4. The zero-order valence-corrected chi connectivity index (χ0v) is 14.4. The van der Waals surface area contributed by atoms with Gasteiger partial charge in [0.2, 0.25) is 0 Å². The van der Waals surface area contributed by atoms with E-state index in [4.69, 9.17) is 10.00 Å². The summed E-state index contributed by atoms with van der Waals surface area (Å²) in [5.74, 6) is 0.446. The number of rotatable bonds is 4. The van der Waals surface area contributed by atoms with Gasteiger partial charge >= 0.3 is 6.09 Å². The largest absolute Gasteiger partial charge is 0.444 e. The molecule has 0 spiro atoms. The summed E-state index contributed by atoms with van der Waals surface area (Å²) in [4.78, 5) is 13.8. The van der Waals surface area contributed by atoms with E-state index in [1.807, 2.05) is 44.6 Å². The van der Waals surface area contributed by atoms with Gasteiger partial charge in [-0.2, -0.15) is 5.26 Å². The Morgan fingerprint density at radius 2 is 2.26 bits per heavy atom. The number of aryl methyl sites for hydroxylation is 1. The molecule has 0 bridgehead atoms. The Labute approximate surface area is 138 Å². The lowest BCUT2D eigenvalue weighted by molar-refractivity contribution is 0.0288. The van der Waals surface area contributed by atoms with E-state index in [0.717, 1.165) is 38.2 Å². The SMILES string of the molecule is Cn1cc(CNCC2CCN(C(=O)OC(C)(C)C)C2)cc1C#N. The Balaban J connectivity index is 1.73. The minimum Gasteiger partial charge on any atom is -0.444 e. The molecule has 0 aliphatic carbocycles. The quantitative estimate of drug-likeness (QED) is 0.924. The van der Waals surface area contributed by atoms with Crippen molar-refractivity contribution >= 4 is 6.09 Å². The average molecular weight is 318 g/mol. The van der Waals surface area contributed by atoms with Crippen molar-refractivity contribution in [3.63, 3.8) is 0 Å². The maximum Gasteiger partial charge on any atom is 0.410 e. The van der Waals surface area contributed by atoms with Crippen molar-refractivity contribution < 1.29 is 9.53 Å². The van der Waals surface area contributed by atoms with Crippen LogP contribution in [0.25, 0.3) is 0 Å². The number of carbonyl (C=O) groups is 1. The highest BCUT2D eigenvalue weighted by Gasteiger charge is 2.29. The van der Waals surface area contributed by atoms with Gasteiger partial charge in [-0.1, -0.05) is 0 Å². The Hall–Kier alpha value is -2.00. The molecular weight excluding hydrogens is 292 g/mol. The van der Waals surface area contributed by atoms with E-state index in [9.17, 15) is 4.79 Å². The molecule has 0 saturated carbocycles. The zero-order chi connectivity index (χ0) is 17.0. The summed E-state index contributed by atoms with van der Waals surface area (Å²) in [5.41, 5.74) is 1.32. The summed E-state index contributed by atoms with van der Waals surface area (Å²) in [7, 11) is 1.87. The third-order valence-corrected chi connectivity index (χ3v) is 3.88. The molecule has 1 aromatic rings. The van der Waals surface area contributed by atoms with Crippen LogP contribution in [0.5, 0.6) is 0 Å². The van der Waals surface area contributed by atoms with E-state index in [2.05, 4.69) is 11.4 Å². The third-order valence-electron chi connectivity index (χ3n) is 3.88. The van der Waals surface area contributed by atoms with Gasteiger partial charge in [0, 0.05) is 39.4 Å². The fourth-order valence-electron chi connectivity index (χ4n) is 2.75. The molecule has 1 N–H and O–H groups in total. The lowest BCUT2D eigenvalue weighted by Crippen LogP contribution is -2.36. The molecule has 23 heavy (non-hydrogen) atoms. The van der Waals surface area contributed by atoms with Crippen molar-refractivity contribution in [1.82, 2.24) is 14.8 Å². The number of nitrogens with one attached hydrogen (secondary N) is 1. The summed E-state index contributed by atoms with van der Waals surface area (Å²) in [6.45, 7) is 8.74. The number of nitriles is 1. The second kappa shape index (κ2) is 7.05. The maximum atomic E-state index is 12.0. The summed E-state index contributed by atoms with van der Waals surface area (Å²) in [5, 5.41) is 12.4. The second-order valence-electron chi connectivity index (χ2n) is 7.17. The summed E-state index contributed by atoms with van der Waals surface area (Å²) >= 11 is 0. The van der Waals surface area contributed by atoms with Gasteiger partial charge in [0.15, 0.2) is 0 Å². The lowest BCUT2D eigenvalue weighted by Gasteiger charge is -2.24. The van der Waals surface area contributed by atoms with Gasteiger partial charge in [-0.05, 0) is 44.7 Å². The number of amides is 1. The van der Waals surface area contributed by atoms with Crippen molar-refractivity contribution in [3.8, 4) is 6.07 Å². The predicted molar refractivity (Wildman–Crippen MR) is 87.7 cm³/mol. The van der Waals surface area contributed by atoms with E-state index in [1.54, 1.807) is 4.90 Å². The van der Waals surface area contributed by atoms with Crippen LogP contribution >= 0.6 is 0 Å². The summed E-state index contributed by atoms with van der Waals surface area (Å²) < 4.78 is 7.24. The molecule has 2 heterocycles. The lowest BCUT2D eigenvalue weighted by atomic mass is 10.1.